The quantitative estimate of drug-likeness (QED) is 0.247. The number of fused-ring (bicyclic) bond motifs is 1. The normalized spacial score (nSPS) is 10.9. The number of nitriles is 1. The zero-order valence-corrected chi connectivity index (χ0v) is 19.1. The number of carbonyl (C=O) groups is 1. The Morgan fingerprint density at radius 2 is 1.76 bits per heavy atom. The number of hydrogen-bond donors (Lipinski definition) is 1. The summed E-state index contributed by atoms with van der Waals surface area (Å²) in [5.74, 6) is -1.24. The van der Waals surface area contributed by atoms with Crippen molar-refractivity contribution in [2.24, 2.45) is 5.10 Å². The van der Waals surface area contributed by atoms with Crippen LogP contribution in [0.1, 0.15) is 27.0 Å². The lowest BCUT2D eigenvalue weighted by Crippen LogP contribution is -2.19. The van der Waals surface area contributed by atoms with Crippen LogP contribution in [0.2, 0.25) is 10.0 Å². The Hall–Kier alpha value is -3.92. The molecule has 168 valence electrons. The molecule has 4 aromatic carbocycles. The second-order valence-electron chi connectivity index (χ2n) is 7.29. The van der Waals surface area contributed by atoms with Gasteiger partial charge in [0.25, 0.3) is 5.91 Å². The summed E-state index contributed by atoms with van der Waals surface area (Å²) in [6, 6.07) is 22.6. The van der Waals surface area contributed by atoms with Crippen LogP contribution in [0.5, 0.6) is 5.75 Å². The SMILES string of the molecule is N#Cc1ccc(C(=O)N/N=C\c2cc(Cl)c(OCc3ccc4ccccc4c3)c(Cl)c2)c(F)c1. The maximum Gasteiger partial charge on any atom is 0.274 e. The van der Waals surface area contributed by atoms with Crippen LogP contribution < -0.4 is 10.2 Å². The van der Waals surface area contributed by atoms with E-state index in [1.807, 2.05) is 42.5 Å². The molecule has 0 aliphatic heterocycles. The average molecular weight is 492 g/mol. The van der Waals surface area contributed by atoms with E-state index in [9.17, 15) is 9.18 Å². The molecule has 0 fully saturated rings. The Balaban J connectivity index is 1.42. The fraction of sp³-hybridized carbons (Fsp3) is 0.0385. The third-order valence-corrected chi connectivity index (χ3v) is 5.50. The first kappa shape index (κ1) is 23.2. The molecule has 0 aliphatic rings. The average Bonchev–Trinajstić information content (AvgIpc) is 2.83. The molecule has 0 saturated carbocycles. The molecule has 0 heterocycles. The van der Waals surface area contributed by atoms with E-state index in [2.05, 4.69) is 10.5 Å². The third kappa shape index (κ3) is 5.34. The Labute approximate surface area is 205 Å². The fourth-order valence-corrected chi connectivity index (χ4v) is 3.88. The lowest BCUT2D eigenvalue weighted by molar-refractivity contribution is 0.0951. The van der Waals surface area contributed by atoms with Gasteiger partial charge in [-0.3, -0.25) is 4.79 Å². The molecular weight excluding hydrogens is 476 g/mol. The van der Waals surface area contributed by atoms with Gasteiger partial charge >= 0.3 is 0 Å². The minimum atomic E-state index is -0.814. The van der Waals surface area contributed by atoms with Crippen molar-refractivity contribution in [3.63, 3.8) is 0 Å². The zero-order chi connectivity index (χ0) is 24.1. The first-order valence-electron chi connectivity index (χ1n) is 10.1. The van der Waals surface area contributed by atoms with Crippen molar-refractivity contribution in [2.75, 3.05) is 0 Å². The summed E-state index contributed by atoms with van der Waals surface area (Å²) in [5.41, 5.74) is 3.59. The largest absolute Gasteiger partial charge is 0.486 e. The van der Waals surface area contributed by atoms with E-state index >= 15 is 0 Å². The number of halogens is 3. The minimum Gasteiger partial charge on any atom is -0.486 e. The number of carbonyl (C=O) groups excluding carboxylic acids is 1. The highest BCUT2D eigenvalue weighted by Gasteiger charge is 2.12. The molecule has 4 aromatic rings. The van der Waals surface area contributed by atoms with E-state index < -0.39 is 11.7 Å². The van der Waals surface area contributed by atoms with Crippen LogP contribution in [0, 0.1) is 17.1 Å². The van der Waals surface area contributed by atoms with Crippen molar-refractivity contribution in [2.45, 2.75) is 6.61 Å². The first-order valence-corrected chi connectivity index (χ1v) is 10.8. The molecule has 0 aliphatic carbocycles. The smallest absolute Gasteiger partial charge is 0.274 e. The van der Waals surface area contributed by atoms with Crippen LogP contribution in [0.4, 0.5) is 4.39 Å². The van der Waals surface area contributed by atoms with Crippen molar-refractivity contribution in [3.05, 3.63) is 111 Å². The summed E-state index contributed by atoms with van der Waals surface area (Å²) < 4.78 is 19.8. The van der Waals surface area contributed by atoms with Gasteiger partial charge in [0.2, 0.25) is 0 Å². The van der Waals surface area contributed by atoms with Crippen molar-refractivity contribution in [3.8, 4) is 11.8 Å². The summed E-state index contributed by atoms with van der Waals surface area (Å²) in [7, 11) is 0. The molecule has 0 saturated heterocycles. The molecule has 8 heteroatoms. The Bertz CT molecular complexity index is 1440. The highest BCUT2D eigenvalue weighted by molar-refractivity contribution is 6.37. The first-order chi connectivity index (χ1) is 16.4. The molecule has 0 spiro atoms. The summed E-state index contributed by atoms with van der Waals surface area (Å²) >= 11 is 12.7. The number of rotatable bonds is 6. The van der Waals surface area contributed by atoms with Crippen molar-refractivity contribution in [1.82, 2.24) is 5.43 Å². The molecule has 4 rings (SSSR count). The van der Waals surface area contributed by atoms with E-state index in [4.69, 9.17) is 33.2 Å². The number of hydrogen-bond acceptors (Lipinski definition) is 4. The second kappa shape index (κ2) is 10.3. The Kier molecular flexibility index (Phi) is 7.07. The monoisotopic (exact) mass is 491 g/mol. The molecule has 0 aromatic heterocycles. The van der Waals surface area contributed by atoms with E-state index in [-0.39, 0.29) is 27.8 Å². The fourth-order valence-electron chi connectivity index (χ4n) is 3.27. The van der Waals surface area contributed by atoms with Gasteiger partial charge in [0, 0.05) is 0 Å². The number of hydrazone groups is 1. The zero-order valence-electron chi connectivity index (χ0n) is 17.6. The second-order valence-corrected chi connectivity index (χ2v) is 8.10. The standard InChI is InChI=1S/C26H16Cl2FN3O2/c27-22-10-18(14-31-32-26(33)21-8-6-16(13-30)12-24(21)29)11-23(28)25(22)34-15-17-5-7-19-3-1-2-4-20(19)9-17/h1-12,14H,15H2,(H,32,33)/b31-14-. The molecule has 0 unspecified atom stereocenters. The van der Waals surface area contributed by atoms with Crippen LogP contribution in [0.3, 0.4) is 0 Å². The molecule has 0 radical (unpaired) electrons. The van der Waals surface area contributed by atoms with Crippen molar-refractivity contribution < 1.29 is 13.9 Å². The van der Waals surface area contributed by atoms with Crippen LogP contribution in [-0.2, 0) is 6.61 Å². The van der Waals surface area contributed by atoms with Gasteiger partial charge in [-0.15, -0.1) is 0 Å². The maximum atomic E-state index is 13.9. The van der Waals surface area contributed by atoms with E-state index in [1.54, 1.807) is 18.2 Å². The third-order valence-electron chi connectivity index (χ3n) is 4.94. The molecule has 0 atom stereocenters. The highest BCUT2D eigenvalue weighted by atomic mass is 35.5. The van der Waals surface area contributed by atoms with Gasteiger partial charge in [-0.25, -0.2) is 9.82 Å². The van der Waals surface area contributed by atoms with Gasteiger partial charge in [-0.1, -0.05) is 59.6 Å². The summed E-state index contributed by atoms with van der Waals surface area (Å²) in [5, 5.41) is 15.4. The molecule has 1 amide bonds. The highest BCUT2D eigenvalue weighted by Crippen LogP contribution is 2.34. The van der Waals surface area contributed by atoms with Gasteiger partial charge in [0.05, 0.1) is 33.5 Å². The Morgan fingerprint density at radius 1 is 1.03 bits per heavy atom. The summed E-state index contributed by atoms with van der Waals surface area (Å²) in [6.07, 6.45) is 1.32. The van der Waals surface area contributed by atoms with Crippen LogP contribution in [-0.4, -0.2) is 12.1 Å². The Morgan fingerprint density at radius 3 is 2.47 bits per heavy atom. The topological polar surface area (TPSA) is 74.5 Å². The lowest BCUT2D eigenvalue weighted by Gasteiger charge is -2.11. The molecular formula is C26H16Cl2FN3O2. The van der Waals surface area contributed by atoms with Gasteiger partial charge in [-0.05, 0) is 58.3 Å². The molecule has 34 heavy (non-hydrogen) atoms. The van der Waals surface area contributed by atoms with Crippen LogP contribution >= 0.6 is 23.2 Å². The molecule has 0 bridgehead atoms. The van der Waals surface area contributed by atoms with Crippen molar-refractivity contribution in [1.29, 1.82) is 5.26 Å². The van der Waals surface area contributed by atoms with E-state index in [1.165, 1.54) is 18.3 Å². The van der Waals surface area contributed by atoms with Gasteiger partial charge in [-0.2, -0.15) is 10.4 Å². The predicted molar refractivity (Wildman–Crippen MR) is 131 cm³/mol. The lowest BCUT2D eigenvalue weighted by atomic mass is 10.1. The molecule has 5 nitrogen and oxygen atoms in total. The van der Waals surface area contributed by atoms with Gasteiger partial charge in [0.15, 0.2) is 5.75 Å². The number of nitrogens with one attached hydrogen (secondary N) is 1. The summed E-state index contributed by atoms with van der Waals surface area (Å²) in [4.78, 5) is 12.1. The van der Waals surface area contributed by atoms with Crippen LogP contribution in [0.15, 0.2) is 77.9 Å². The predicted octanol–water partition coefficient (Wildman–Crippen LogP) is 6.50. The number of amides is 1. The van der Waals surface area contributed by atoms with E-state index in [0.717, 1.165) is 22.4 Å². The summed E-state index contributed by atoms with van der Waals surface area (Å²) in [6.45, 7) is 0.282. The number of nitrogens with zero attached hydrogens (tertiary/aromatic N) is 2. The van der Waals surface area contributed by atoms with Crippen molar-refractivity contribution >= 4 is 46.1 Å². The van der Waals surface area contributed by atoms with Crippen LogP contribution in [0.25, 0.3) is 10.8 Å². The number of ether oxygens (including phenoxy) is 1. The maximum absolute atomic E-state index is 13.9. The number of benzene rings is 4. The van der Waals surface area contributed by atoms with Gasteiger partial charge in [0.1, 0.15) is 12.4 Å². The minimum absolute atomic E-state index is 0.116. The van der Waals surface area contributed by atoms with E-state index in [0.29, 0.717) is 11.3 Å². The molecule has 1 N–H and O–H groups in total. The van der Waals surface area contributed by atoms with Gasteiger partial charge < -0.3 is 4.74 Å².